The van der Waals surface area contributed by atoms with Crippen LogP contribution in [-0.2, 0) is 9.53 Å². The monoisotopic (exact) mass is 186 g/mol. The predicted molar refractivity (Wildman–Crippen MR) is 49.7 cm³/mol. The molecule has 0 aromatic rings. The summed E-state index contributed by atoms with van der Waals surface area (Å²) in [6.07, 6.45) is 7.31. The molecule has 1 aliphatic carbocycles. The quantitative estimate of drug-likeness (QED) is 0.620. The highest BCUT2D eigenvalue weighted by molar-refractivity contribution is 5.66. The molecule has 0 aromatic heterocycles. The van der Waals surface area contributed by atoms with E-state index < -0.39 is 5.97 Å². The number of aliphatic carboxylic acids is 1. The summed E-state index contributed by atoms with van der Waals surface area (Å²) in [5.41, 5.74) is 0. The van der Waals surface area contributed by atoms with Gasteiger partial charge in [-0.25, -0.2) is 0 Å². The van der Waals surface area contributed by atoms with Crippen molar-refractivity contribution in [2.45, 2.75) is 51.0 Å². The highest BCUT2D eigenvalue weighted by Crippen LogP contribution is 2.22. The van der Waals surface area contributed by atoms with Crippen LogP contribution in [0.15, 0.2) is 0 Å². The van der Waals surface area contributed by atoms with Gasteiger partial charge in [-0.3, -0.25) is 4.79 Å². The van der Waals surface area contributed by atoms with Gasteiger partial charge in [0, 0.05) is 13.0 Å². The van der Waals surface area contributed by atoms with Crippen molar-refractivity contribution in [1.29, 1.82) is 0 Å². The van der Waals surface area contributed by atoms with Crippen LogP contribution in [0.5, 0.6) is 0 Å². The van der Waals surface area contributed by atoms with E-state index in [1.54, 1.807) is 0 Å². The Labute approximate surface area is 79.1 Å². The van der Waals surface area contributed by atoms with Crippen molar-refractivity contribution in [1.82, 2.24) is 0 Å². The van der Waals surface area contributed by atoms with Gasteiger partial charge in [0.2, 0.25) is 0 Å². The molecule has 1 rings (SSSR count). The first-order chi connectivity index (χ1) is 6.29. The van der Waals surface area contributed by atoms with E-state index in [1.165, 1.54) is 19.3 Å². The lowest BCUT2D eigenvalue weighted by atomic mass is 9.96. The molecular weight excluding hydrogens is 168 g/mol. The molecule has 0 unspecified atom stereocenters. The van der Waals surface area contributed by atoms with Gasteiger partial charge in [-0.05, 0) is 32.1 Å². The van der Waals surface area contributed by atoms with Gasteiger partial charge in [-0.15, -0.1) is 0 Å². The lowest BCUT2D eigenvalue weighted by molar-refractivity contribution is -0.137. The largest absolute Gasteiger partial charge is 0.481 e. The molecule has 0 saturated heterocycles. The Hall–Kier alpha value is -0.570. The molecule has 13 heavy (non-hydrogen) atoms. The number of carboxylic acid groups (broad SMARTS) is 1. The van der Waals surface area contributed by atoms with E-state index >= 15 is 0 Å². The zero-order chi connectivity index (χ0) is 9.52. The van der Waals surface area contributed by atoms with E-state index in [0.717, 1.165) is 25.9 Å². The Morgan fingerprint density at radius 2 is 2.08 bits per heavy atom. The van der Waals surface area contributed by atoms with Crippen molar-refractivity contribution >= 4 is 5.97 Å². The first kappa shape index (κ1) is 10.5. The number of hydrogen-bond acceptors (Lipinski definition) is 2. The fourth-order valence-electron chi connectivity index (χ4n) is 1.34. The van der Waals surface area contributed by atoms with Gasteiger partial charge in [-0.1, -0.05) is 6.42 Å². The molecule has 1 N–H and O–H groups in total. The highest BCUT2D eigenvalue weighted by atomic mass is 16.5. The summed E-state index contributed by atoms with van der Waals surface area (Å²) in [5, 5.41) is 8.37. The van der Waals surface area contributed by atoms with E-state index in [1.807, 2.05) is 0 Å². The summed E-state index contributed by atoms with van der Waals surface area (Å²) in [7, 11) is 0. The maximum absolute atomic E-state index is 10.2. The minimum atomic E-state index is -0.695. The van der Waals surface area contributed by atoms with Gasteiger partial charge in [0.25, 0.3) is 0 Å². The van der Waals surface area contributed by atoms with Crippen LogP contribution in [0, 0.1) is 0 Å². The fraction of sp³-hybridized carbons (Fsp3) is 0.900. The van der Waals surface area contributed by atoms with Crippen LogP contribution < -0.4 is 0 Å². The van der Waals surface area contributed by atoms with E-state index in [-0.39, 0.29) is 0 Å². The lowest BCUT2D eigenvalue weighted by Gasteiger charge is -2.25. The number of carbonyl (C=O) groups is 1. The number of ether oxygens (including phenoxy) is 1. The van der Waals surface area contributed by atoms with Gasteiger partial charge >= 0.3 is 5.97 Å². The summed E-state index contributed by atoms with van der Waals surface area (Å²) in [4.78, 5) is 10.2. The summed E-state index contributed by atoms with van der Waals surface area (Å²) in [5.74, 6) is -0.695. The number of rotatable bonds is 7. The zero-order valence-electron chi connectivity index (χ0n) is 8.00. The first-order valence-electron chi connectivity index (χ1n) is 5.12. The summed E-state index contributed by atoms with van der Waals surface area (Å²) >= 11 is 0. The van der Waals surface area contributed by atoms with Crippen LogP contribution in [0.25, 0.3) is 0 Å². The van der Waals surface area contributed by atoms with E-state index in [2.05, 4.69) is 0 Å². The molecule has 1 aliphatic rings. The Morgan fingerprint density at radius 1 is 1.31 bits per heavy atom. The Bertz CT molecular complexity index is 152. The SMILES string of the molecule is O=C(O)CCCCCOC1CCC1. The Balaban J connectivity index is 1.75. The topological polar surface area (TPSA) is 46.5 Å². The molecule has 0 radical (unpaired) electrons. The van der Waals surface area contributed by atoms with Gasteiger partial charge in [0.05, 0.1) is 6.10 Å². The highest BCUT2D eigenvalue weighted by Gasteiger charge is 2.16. The molecule has 1 saturated carbocycles. The molecule has 0 aromatic carbocycles. The van der Waals surface area contributed by atoms with Gasteiger partial charge in [-0.2, -0.15) is 0 Å². The second-order valence-electron chi connectivity index (χ2n) is 3.63. The van der Waals surface area contributed by atoms with Gasteiger partial charge in [0.15, 0.2) is 0 Å². The maximum atomic E-state index is 10.2. The van der Waals surface area contributed by atoms with E-state index in [4.69, 9.17) is 9.84 Å². The molecule has 0 spiro atoms. The van der Waals surface area contributed by atoms with Crippen molar-refractivity contribution in [2.75, 3.05) is 6.61 Å². The van der Waals surface area contributed by atoms with Crippen LogP contribution in [0.2, 0.25) is 0 Å². The second-order valence-corrected chi connectivity index (χ2v) is 3.63. The zero-order valence-corrected chi connectivity index (χ0v) is 8.00. The van der Waals surface area contributed by atoms with Crippen LogP contribution in [0.1, 0.15) is 44.9 Å². The maximum Gasteiger partial charge on any atom is 0.303 e. The Morgan fingerprint density at radius 3 is 2.62 bits per heavy atom. The summed E-state index contributed by atoms with van der Waals surface area (Å²) in [6, 6.07) is 0. The molecule has 0 aliphatic heterocycles. The third-order valence-corrected chi connectivity index (χ3v) is 2.44. The molecule has 1 fully saturated rings. The third kappa shape index (κ3) is 4.88. The normalized spacial score (nSPS) is 16.9. The van der Waals surface area contributed by atoms with Gasteiger partial charge in [0.1, 0.15) is 0 Å². The molecule has 0 bridgehead atoms. The summed E-state index contributed by atoms with van der Waals surface area (Å²) in [6.45, 7) is 0.810. The van der Waals surface area contributed by atoms with Crippen LogP contribution >= 0.6 is 0 Å². The molecule has 3 heteroatoms. The smallest absolute Gasteiger partial charge is 0.303 e. The van der Waals surface area contributed by atoms with Crippen molar-refractivity contribution in [3.8, 4) is 0 Å². The average Bonchev–Trinajstić information content (AvgIpc) is 1.99. The molecule has 3 nitrogen and oxygen atoms in total. The summed E-state index contributed by atoms with van der Waals surface area (Å²) < 4.78 is 5.54. The Kier molecular flexibility index (Phi) is 4.83. The molecule has 0 atom stereocenters. The standard InChI is InChI=1S/C10H18O3/c11-10(12)7-2-1-3-8-13-9-5-4-6-9/h9H,1-8H2,(H,11,12). The predicted octanol–water partition coefficient (Wildman–Crippen LogP) is 2.20. The lowest BCUT2D eigenvalue weighted by Crippen LogP contribution is -2.21. The molecule has 76 valence electrons. The van der Waals surface area contributed by atoms with E-state index in [0.29, 0.717) is 12.5 Å². The number of hydrogen-bond donors (Lipinski definition) is 1. The van der Waals surface area contributed by atoms with Crippen molar-refractivity contribution in [2.24, 2.45) is 0 Å². The minimum Gasteiger partial charge on any atom is -0.481 e. The van der Waals surface area contributed by atoms with Gasteiger partial charge < -0.3 is 9.84 Å². The molecular formula is C10H18O3. The minimum absolute atomic E-state index is 0.295. The molecule has 0 heterocycles. The average molecular weight is 186 g/mol. The number of unbranched alkanes of at least 4 members (excludes halogenated alkanes) is 2. The van der Waals surface area contributed by atoms with Crippen molar-refractivity contribution < 1.29 is 14.6 Å². The van der Waals surface area contributed by atoms with Crippen LogP contribution in [-0.4, -0.2) is 23.8 Å². The van der Waals surface area contributed by atoms with Crippen LogP contribution in [0.3, 0.4) is 0 Å². The first-order valence-corrected chi connectivity index (χ1v) is 5.12. The fourth-order valence-corrected chi connectivity index (χ4v) is 1.34. The number of carboxylic acids is 1. The van der Waals surface area contributed by atoms with Crippen molar-refractivity contribution in [3.05, 3.63) is 0 Å². The van der Waals surface area contributed by atoms with E-state index in [9.17, 15) is 4.79 Å². The second kappa shape index (κ2) is 5.97. The molecule has 0 amide bonds. The van der Waals surface area contributed by atoms with Crippen LogP contribution in [0.4, 0.5) is 0 Å². The third-order valence-electron chi connectivity index (χ3n) is 2.44. The van der Waals surface area contributed by atoms with Crippen molar-refractivity contribution in [3.63, 3.8) is 0 Å².